The SMILES string of the molecule is [C-]#[N+]c1ccc(N=S=O)c2ccccc12. The Morgan fingerprint density at radius 3 is 2.53 bits per heavy atom. The van der Waals surface area contributed by atoms with Gasteiger partial charge in [0.05, 0.1) is 12.3 Å². The number of rotatable bonds is 1. The van der Waals surface area contributed by atoms with Gasteiger partial charge in [-0.3, -0.25) is 0 Å². The molecule has 0 spiro atoms. The van der Waals surface area contributed by atoms with Crippen LogP contribution in [-0.4, -0.2) is 4.21 Å². The molecule has 0 saturated carbocycles. The molecule has 0 aliphatic heterocycles. The molecule has 0 bridgehead atoms. The second kappa shape index (κ2) is 4.03. The molecule has 0 amide bonds. The van der Waals surface area contributed by atoms with Gasteiger partial charge in [-0.1, -0.05) is 30.3 Å². The standard InChI is InChI=1S/C11H6N2OS/c1-12-10-6-7-11(13-15-14)9-5-3-2-4-8(9)10/h2-7H. The van der Waals surface area contributed by atoms with Crippen LogP contribution < -0.4 is 0 Å². The quantitative estimate of drug-likeness (QED) is 0.669. The van der Waals surface area contributed by atoms with Crippen molar-refractivity contribution in [1.82, 2.24) is 0 Å². The Labute approximate surface area is 90.4 Å². The Kier molecular flexibility index (Phi) is 2.57. The second-order valence-corrected chi connectivity index (χ2v) is 3.26. The van der Waals surface area contributed by atoms with E-state index in [0.29, 0.717) is 11.4 Å². The van der Waals surface area contributed by atoms with Crippen molar-refractivity contribution in [2.75, 3.05) is 0 Å². The summed E-state index contributed by atoms with van der Waals surface area (Å²) in [7, 11) is 0. The van der Waals surface area contributed by atoms with Gasteiger partial charge in [-0.2, -0.15) is 8.57 Å². The van der Waals surface area contributed by atoms with E-state index in [2.05, 4.69) is 9.21 Å². The predicted octanol–water partition coefficient (Wildman–Crippen LogP) is 3.42. The molecule has 72 valence electrons. The van der Waals surface area contributed by atoms with Crippen molar-refractivity contribution in [2.24, 2.45) is 4.36 Å². The molecule has 3 nitrogen and oxygen atoms in total. The molecule has 0 N–H and O–H groups in total. The van der Waals surface area contributed by atoms with E-state index in [-0.39, 0.29) is 11.5 Å². The maximum Gasteiger partial charge on any atom is 0.205 e. The first-order valence-electron chi connectivity index (χ1n) is 4.26. The molecule has 0 aliphatic rings. The first kappa shape index (κ1) is 9.56. The molecule has 2 aromatic carbocycles. The van der Waals surface area contributed by atoms with E-state index in [1.54, 1.807) is 12.1 Å². The highest BCUT2D eigenvalue weighted by Crippen LogP contribution is 2.32. The minimum absolute atomic E-state index is 0.181. The Hall–Kier alpha value is -1.99. The first-order valence-corrected chi connectivity index (χ1v) is 4.96. The Morgan fingerprint density at radius 2 is 1.87 bits per heavy atom. The summed E-state index contributed by atoms with van der Waals surface area (Å²) in [6.07, 6.45) is 0. The highest BCUT2D eigenvalue weighted by molar-refractivity contribution is 7.54. The van der Waals surface area contributed by atoms with Gasteiger partial charge in [-0.25, -0.2) is 4.85 Å². The van der Waals surface area contributed by atoms with Gasteiger partial charge < -0.3 is 0 Å². The van der Waals surface area contributed by atoms with E-state index in [9.17, 15) is 4.21 Å². The molecule has 0 aromatic heterocycles. The number of nitrogens with zero attached hydrogens (tertiary/aromatic N) is 2. The number of hydrogen-bond acceptors (Lipinski definition) is 2. The van der Waals surface area contributed by atoms with Crippen molar-refractivity contribution in [2.45, 2.75) is 0 Å². The lowest BCUT2D eigenvalue weighted by molar-refractivity contribution is 0.698. The lowest BCUT2D eigenvalue weighted by Gasteiger charge is -2.01. The molecule has 0 fully saturated rings. The molecule has 0 unspecified atom stereocenters. The van der Waals surface area contributed by atoms with E-state index >= 15 is 0 Å². The maximum atomic E-state index is 10.4. The highest BCUT2D eigenvalue weighted by atomic mass is 32.1. The molecule has 0 heterocycles. The first-order chi connectivity index (χ1) is 7.36. The molecule has 2 aromatic rings. The highest BCUT2D eigenvalue weighted by Gasteiger charge is 2.03. The van der Waals surface area contributed by atoms with Gasteiger partial charge >= 0.3 is 0 Å². The smallest absolute Gasteiger partial charge is 0.205 e. The van der Waals surface area contributed by atoms with Crippen molar-refractivity contribution in [3.05, 3.63) is 47.8 Å². The number of fused-ring (bicyclic) bond motifs is 1. The summed E-state index contributed by atoms with van der Waals surface area (Å²) in [5, 5.41) is 1.68. The minimum atomic E-state index is 0.181. The normalized spacial score (nSPS) is 9.53. The summed E-state index contributed by atoms with van der Waals surface area (Å²) in [6.45, 7) is 7.03. The molecule has 0 saturated heterocycles. The van der Waals surface area contributed by atoms with E-state index in [0.717, 1.165) is 10.8 Å². The summed E-state index contributed by atoms with van der Waals surface area (Å²) >= 11 is 0.181. The Balaban J connectivity index is 2.90. The average Bonchev–Trinajstić information content (AvgIpc) is 2.30. The van der Waals surface area contributed by atoms with E-state index in [4.69, 9.17) is 6.57 Å². The van der Waals surface area contributed by atoms with Crippen molar-refractivity contribution in [3.63, 3.8) is 0 Å². The van der Waals surface area contributed by atoms with Crippen LogP contribution in [0.15, 0.2) is 40.8 Å². The zero-order valence-corrected chi connectivity index (χ0v) is 8.49. The molecular weight excluding hydrogens is 208 g/mol. The third-order valence-electron chi connectivity index (χ3n) is 2.13. The molecule has 0 radical (unpaired) electrons. The zero-order chi connectivity index (χ0) is 10.7. The van der Waals surface area contributed by atoms with Gasteiger partial charge in [-0.05, 0) is 16.8 Å². The van der Waals surface area contributed by atoms with Crippen LogP contribution in [0.3, 0.4) is 0 Å². The Bertz CT molecular complexity index is 610. The van der Waals surface area contributed by atoms with Crippen molar-refractivity contribution >= 4 is 33.6 Å². The summed E-state index contributed by atoms with van der Waals surface area (Å²) in [5.74, 6) is 0. The van der Waals surface area contributed by atoms with Gasteiger partial charge in [0.15, 0.2) is 5.69 Å². The zero-order valence-electron chi connectivity index (χ0n) is 7.68. The van der Waals surface area contributed by atoms with Crippen molar-refractivity contribution < 1.29 is 4.21 Å². The third kappa shape index (κ3) is 1.65. The third-order valence-corrected chi connectivity index (χ3v) is 2.41. The van der Waals surface area contributed by atoms with Crippen LogP contribution in [0.1, 0.15) is 0 Å². The second-order valence-electron chi connectivity index (χ2n) is 2.93. The van der Waals surface area contributed by atoms with Crippen LogP contribution in [0.2, 0.25) is 0 Å². The van der Waals surface area contributed by atoms with E-state index in [1.807, 2.05) is 24.3 Å². The maximum absolute atomic E-state index is 10.4. The molecule has 2 rings (SSSR count). The number of hydrogen-bond donors (Lipinski definition) is 0. The van der Waals surface area contributed by atoms with E-state index < -0.39 is 0 Å². The molecule has 0 aliphatic carbocycles. The van der Waals surface area contributed by atoms with Crippen LogP contribution >= 0.6 is 0 Å². The fraction of sp³-hybridized carbons (Fsp3) is 0. The van der Waals surface area contributed by atoms with Crippen molar-refractivity contribution in [1.29, 1.82) is 0 Å². The summed E-state index contributed by atoms with van der Waals surface area (Å²) < 4.78 is 14.2. The molecular formula is C11H6N2OS. The van der Waals surface area contributed by atoms with Crippen LogP contribution in [-0.2, 0) is 11.5 Å². The number of benzene rings is 2. The van der Waals surface area contributed by atoms with Gasteiger partial charge in [-0.15, -0.1) is 0 Å². The topological polar surface area (TPSA) is 33.8 Å². The largest absolute Gasteiger partial charge is 0.238 e. The van der Waals surface area contributed by atoms with Gasteiger partial charge in [0, 0.05) is 0 Å². The lowest BCUT2D eigenvalue weighted by atomic mass is 10.1. The van der Waals surface area contributed by atoms with Gasteiger partial charge in [0.2, 0.25) is 11.5 Å². The van der Waals surface area contributed by atoms with Crippen LogP contribution in [0.5, 0.6) is 0 Å². The average molecular weight is 214 g/mol. The van der Waals surface area contributed by atoms with Crippen molar-refractivity contribution in [3.8, 4) is 0 Å². The van der Waals surface area contributed by atoms with Crippen LogP contribution in [0, 0.1) is 6.57 Å². The van der Waals surface area contributed by atoms with Crippen LogP contribution in [0.25, 0.3) is 15.6 Å². The Morgan fingerprint density at radius 1 is 1.13 bits per heavy atom. The van der Waals surface area contributed by atoms with Gasteiger partial charge in [0.1, 0.15) is 0 Å². The lowest BCUT2D eigenvalue weighted by Crippen LogP contribution is -1.73. The molecule has 0 atom stereocenters. The molecule has 4 heteroatoms. The fourth-order valence-corrected chi connectivity index (χ4v) is 1.72. The predicted molar refractivity (Wildman–Crippen MR) is 60.4 cm³/mol. The monoisotopic (exact) mass is 214 g/mol. The minimum Gasteiger partial charge on any atom is -0.238 e. The summed E-state index contributed by atoms with van der Waals surface area (Å²) in [6, 6.07) is 10.8. The van der Waals surface area contributed by atoms with Crippen LogP contribution in [0.4, 0.5) is 11.4 Å². The van der Waals surface area contributed by atoms with Gasteiger partial charge in [0.25, 0.3) is 0 Å². The fourth-order valence-electron chi connectivity index (χ4n) is 1.48. The summed E-state index contributed by atoms with van der Waals surface area (Å²) in [5.41, 5.74) is 1.21. The molecule has 15 heavy (non-hydrogen) atoms. The van der Waals surface area contributed by atoms with E-state index in [1.165, 1.54) is 0 Å². The summed E-state index contributed by atoms with van der Waals surface area (Å²) in [4.78, 5) is 3.42.